The fraction of sp³-hybridized carbons (Fsp3) is 0.486. The zero-order chi connectivity index (χ0) is 33.5. The maximum Gasteiger partial charge on any atom is 0.410 e. The van der Waals surface area contributed by atoms with Crippen molar-refractivity contribution in [2.45, 2.75) is 98.9 Å². The monoisotopic (exact) mass is 620 g/mol. The summed E-state index contributed by atoms with van der Waals surface area (Å²) < 4.78 is 16.9. The molecular formula is C35H48N4O6. The molecule has 1 saturated heterocycles. The zero-order valence-corrected chi connectivity index (χ0v) is 28.0. The fourth-order valence-corrected chi connectivity index (χ4v) is 5.23. The topological polar surface area (TPSA) is 130 Å². The van der Waals surface area contributed by atoms with Crippen LogP contribution in [-0.2, 0) is 4.74 Å². The molecule has 10 heteroatoms. The number of nitro groups is 1. The van der Waals surface area contributed by atoms with Gasteiger partial charge in [-0.05, 0) is 139 Å². The Bertz CT molecular complexity index is 1460. The van der Waals surface area contributed by atoms with Crippen LogP contribution in [0, 0.1) is 24.0 Å². The van der Waals surface area contributed by atoms with E-state index in [1.165, 1.54) is 11.1 Å². The van der Waals surface area contributed by atoms with Crippen molar-refractivity contribution in [1.29, 1.82) is 0 Å². The van der Waals surface area contributed by atoms with E-state index in [0.717, 1.165) is 35.3 Å². The maximum atomic E-state index is 12.2. The van der Waals surface area contributed by atoms with Gasteiger partial charge in [0.1, 0.15) is 11.4 Å². The molecule has 0 unspecified atom stereocenters. The number of nitrogens with zero attached hydrogens (tertiary/aromatic N) is 3. The number of aryl methyl sites for hydroxylation is 2. The predicted octanol–water partition coefficient (Wildman–Crippen LogP) is 8.23. The number of nitrogen functional groups attached to an aromatic ring is 1. The van der Waals surface area contributed by atoms with Crippen molar-refractivity contribution in [3.63, 3.8) is 0 Å². The first-order chi connectivity index (χ1) is 21.1. The van der Waals surface area contributed by atoms with E-state index in [9.17, 15) is 14.9 Å². The lowest BCUT2D eigenvalue weighted by Crippen LogP contribution is -2.41. The highest BCUT2D eigenvalue weighted by molar-refractivity contribution is 5.72. The van der Waals surface area contributed by atoms with Crippen LogP contribution in [0.25, 0.3) is 11.1 Å². The summed E-state index contributed by atoms with van der Waals surface area (Å²) in [5, 5.41) is 11.1. The van der Waals surface area contributed by atoms with Gasteiger partial charge in [0.2, 0.25) is 0 Å². The minimum atomic E-state index is -0.454. The van der Waals surface area contributed by atoms with E-state index in [1.807, 2.05) is 73.6 Å². The van der Waals surface area contributed by atoms with Crippen LogP contribution in [0.5, 0.6) is 11.5 Å². The van der Waals surface area contributed by atoms with Gasteiger partial charge in [0.25, 0.3) is 0 Å². The number of pyridine rings is 1. The van der Waals surface area contributed by atoms with Crippen LogP contribution in [0.4, 0.5) is 16.2 Å². The van der Waals surface area contributed by atoms with Gasteiger partial charge in [-0.2, -0.15) is 0 Å². The Morgan fingerprint density at radius 1 is 0.956 bits per heavy atom. The molecule has 0 atom stereocenters. The molecule has 45 heavy (non-hydrogen) atoms. The second-order valence-electron chi connectivity index (χ2n) is 12.9. The normalized spacial score (nSPS) is 13.7. The van der Waals surface area contributed by atoms with Gasteiger partial charge in [0.05, 0.1) is 22.8 Å². The molecule has 0 spiro atoms. The van der Waals surface area contributed by atoms with Crippen molar-refractivity contribution in [3.8, 4) is 22.6 Å². The first kappa shape index (κ1) is 35.1. The number of hydrogen-bond donors (Lipinski definition) is 1. The third-order valence-electron chi connectivity index (χ3n) is 7.20. The Hall–Kier alpha value is -4.34. The van der Waals surface area contributed by atoms with Gasteiger partial charge < -0.3 is 24.8 Å². The quantitative estimate of drug-likeness (QED) is 0.159. The number of benzene rings is 2. The molecule has 0 aliphatic carbocycles. The Morgan fingerprint density at radius 3 is 2.07 bits per heavy atom. The third-order valence-corrected chi connectivity index (χ3v) is 7.20. The maximum absolute atomic E-state index is 12.2. The van der Waals surface area contributed by atoms with Gasteiger partial charge in [0, 0.05) is 31.5 Å². The van der Waals surface area contributed by atoms with Gasteiger partial charge in [-0.1, -0.05) is 0 Å². The van der Waals surface area contributed by atoms with Crippen molar-refractivity contribution >= 4 is 17.5 Å². The average Bonchev–Trinajstić information content (AvgIpc) is 2.94. The number of nitrogens with two attached hydrogens (primary N) is 1. The summed E-state index contributed by atoms with van der Waals surface area (Å²) in [5.74, 6) is 1.46. The second-order valence-corrected chi connectivity index (χ2v) is 12.9. The van der Waals surface area contributed by atoms with E-state index in [1.54, 1.807) is 29.4 Å². The minimum Gasteiger partial charge on any atom is -0.489 e. The molecule has 1 amide bonds. The summed E-state index contributed by atoms with van der Waals surface area (Å²) in [4.78, 5) is 28.7. The first-order valence-electron chi connectivity index (χ1n) is 15.5. The van der Waals surface area contributed by atoms with Crippen molar-refractivity contribution in [2.24, 2.45) is 0 Å². The van der Waals surface area contributed by atoms with Crippen LogP contribution in [0.3, 0.4) is 0 Å². The summed E-state index contributed by atoms with van der Waals surface area (Å²) in [6.07, 6.45) is 4.98. The fourth-order valence-electron chi connectivity index (χ4n) is 5.23. The molecule has 3 aromatic rings. The van der Waals surface area contributed by atoms with Crippen LogP contribution in [-0.4, -0.2) is 51.8 Å². The van der Waals surface area contributed by atoms with Crippen LogP contribution in [0.2, 0.25) is 0 Å². The van der Waals surface area contributed by atoms with E-state index in [2.05, 4.69) is 18.0 Å². The lowest BCUT2D eigenvalue weighted by molar-refractivity contribution is -0.386. The Kier molecular flexibility index (Phi) is 11.8. The number of amides is 1. The number of rotatable bonds is 7. The molecule has 0 bridgehead atoms. The van der Waals surface area contributed by atoms with Gasteiger partial charge in [-0.25, -0.2) is 4.79 Å². The van der Waals surface area contributed by atoms with E-state index < -0.39 is 10.5 Å². The number of carbonyl (C=O) groups excluding carboxylic acids is 1. The van der Waals surface area contributed by atoms with E-state index in [-0.39, 0.29) is 24.0 Å². The van der Waals surface area contributed by atoms with E-state index >= 15 is 0 Å². The Labute approximate surface area is 267 Å². The highest BCUT2D eigenvalue weighted by atomic mass is 16.6. The second kappa shape index (κ2) is 15.1. The highest BCUT2D eigenvalue weighted by Gasteiger charge is 2.28. The molecular weight excluding hydrogens is 572 g/mol. The lowest BCUT2D eigenvalue weighted by atomic mass is 9.86. The summed E-state index contributed by atoms with van der Waals surface area (Å²) in [5.41, 5.74) is 11.5. The lowest BCUT2D eigenvalue weighted by Gasteiger charge is -2.34. The molecule has 1 aliphatic rings. The number of nitro benzene ring substituents is 1. The van der Waals surface area contributed by atoms with E-state index in [0.29, 0.717) is 30.4 Å². The van der Waals surface area contributed by atoms with E-state index in [4.69, 9.17) is 19.9 Å². The molecule has 2 aromatic carbocycles. The van der Waals surface area contributed by atoms with Crippen LogP contribution >= 0.6 is 0 Å². The third kappa shape index (κ3) is 10.1. The average molecular weight is 621 g/mol. The van der Waals surface area contributed by atoms with Crippen LogP contribution < -0.4 is 15.2 Å². The summed E-state index contributed by atoms with van der Waals surface area (Å²) >= 11 is 0. The predicted molar refractivity (Wildman–Crippen MR) is 178 cm³/mol. The number of ether oxygens (including phenoxy) is 3. The van der Waals surface area contributed by atoms with Gasteiger partial charge in [0.15, 0.2) is 5.75 Å². The number of carbonyl (C=O) groups is 1. The SMILES string of the molecule is Cc1cc(N)c(OC(C)C)cc1C1CCN(C(=O)OC(C)(C)C)CC1.Cc1cc([N+](=O)[O-])c(OC(C)C)cc1-c1ccncc1. The number of aromatic nitrogens is 1. The first-order valence-corrected chi connectivity index (χ1v) is 15.5. The van der Waals surface area contributed by atoms with Crippen LogP contribution in [0.15, 0.2) is 48.8 Å². The molecule has 2 N–H and O–H groups in total. The highest BCUT2D eigenvalue weighted by Crippen LogP contribution is 2.37. The molecule has 10 nitrogen and oxygen atoms in total. The van der Waals surface area contributed by atoms with Crippen molar-refractivity contribution in [1.82, 2.24) is 9.88 Å². The zero-order valence-electron chi connectivity index (χ0n) is 28.0. The minimum absolute atomic E-state index is 0.00555. The molecule has 0 saturated carbocycles. The molecule has 2 heterocycles. The molecule has 1 aliphatic heterocycles. The smallest absolute Gasteiger partial charge is 0.410 e. The molecule has 1 aromatic heterocycles. The number of anilines is 1. The van der Waals surface area contributed by atoms with Crippen molar-refractivity contribution in [2.75, 3.05) is 18.8 Å². The summed E-state index contributed by atoms with van der Waals surface area (Å²) in [6, 6.07) is 11.1. The molecule has 1 fully saturated rings. The van der Waals surface area contributed by atoms with Gasteiger partial charge in [-0.3, -0.25) is 15.1 Å². The Balaban J connectivity index is 0.000000251. The summed E-state index contributed by atoms with van der Waals surface area (Å²) in [7, 11) is 0. The van der Waals surface area contributed by atoms with Crippen molar-refractivity contribution in [3.05, 3.63) is 75.6 Å². The molecule has 244 valence electrons. The van der Waals surface area contributed by atoms with Gasteiger partial charge in [-0.15, -0.1) is 0 Å². The molecule has 0 radical (unpaired) electrons. The standard InChI is InChI=1S/C20H32N2O3.C15H16N2O3/c1-13(2)24-18-12-16(14(3)11-17(18)21)15-7-9-22(10-8-15)19(23)25-20(4,5)6;1-10(2)20-15-9-13(12-4-6-16-7-5-12)11(3)8-14(15)17(18)19/h11-13,15H,7-10,21H2,1-6H3;4-10H,1-3H3. The number of piperidine rings is 1. The Morgan fingerprint density at radius 2 is 1.53 bits per heavy atom. The van der Waals surface area contributed by atoms with Crippen LogP contribution in [0.1, 0.15) is 83.9 Å². The summed E-state index contributed by atoms with van der Waals surface area (Å²) in [6.45, 7) is 18.7. The van der Waals surface area contributed by atoms with Crippen molar-refractivity contribution < 1.29 is 23.9 Å². The molecule has 4 rings (SSSR count). The number of likely N-dealkylation sites (tertiary alicyclic amines) is 1. The largest absolute Gasteiger partial charge is 0.489 e. The number of hydrogen-bond acceptors (Lipinski definition) is 8. The van der Waals surface area contributed by atoms with Gasteiger partial charge >= 0.3 is 11.8 Å².